The Morgan fingerprint density at radius 3 is 1.53 bits per heavy atom. The summed E-state index contributed by atoms with van der Waals surface area (Å²) in [6.45, 7) is 15.6. The Bertz CT molecular complexity index is 556. The molecule has 0 amide bonds. The van der Waals surface area contributed by atoms with Crippen LogP contribution in [0.4, 0.5) is 0 Å². The fourth-order valence-electron chi connectivity index (χ4n) is 5.12. The van der Waals surface area contributed by atoms with Crippen molar-refractivity contribution in [3.8, 4) is 0 Å². The molecule has 0 aliphatic heterocycles. The molecule has 0 saturated heterocycles. The molecule has 0 aromatic heterocycles. The van der Waals surface area contributed by atoms with Crippen LogP contribution in [-0.2, 0) is 0 Å². The van der Waals surface area contributed by atoms with Crippen LogP contribution in [0.15, 0.2) is 36.4 Å². The van der Waals surface area contributed by atoms with Crippen LogP contribution >= 0.6 is 0 Å². The molecule has 1 rings (SSSR count). The Balaban J connectivity index is 2.73. The summed E-state index contributed by atoms with van der Waals surface area (Å²) in [5, 5.41) is 0. The van der Waals surface area contributed by atoms with Crippen LogP contribution in [0.5, 0.6) is 0 Å². The minimum Gasteiger partial charge on any atom is -0.289 e. The summed E-state index contributed by atoms with van der Waals surface area (Å²) in [7, 11) is 0. The lowest BCUT2D eigenvalue weighted by Gasteiger charge is -2.49. The van der Waals surface area contributed by atoms with Crippen LogP contribution in [0.1, 0.15) is 137 Å². The molecule has 0 fully saturated rings. The number of nitrogens with zero attached hydrogens (tertiary/aromatic N) is 1. The van der Waals surface area contributed by atoms with E-state index in [9.17, 15) is 0 Å². The van der Waals surface area contributed by atoms with Crippen molar-refractivity contribution in [3.05, 3.63) is 42.0 Å². The maximum absolute atomic E-state index is 2.80. The second-order valence-corrected chi connectivity index (χ2v) is 11.1. The smallest absolute Gasteiger partial charge is 0.0177 e. The predicted molar refractivity (Wildman–Crippen MR) is 146 cm³/mol. The van der Waals surface area contributed by atoms with Gasteiger partial charge in [0.25, 0.3) is 0 Å². The van der Waals surface area contributed by atoms with E-state index in [1.807, 2.05) is 0 Å². The van der Waals surface area contributed by atoms with Crippen LogP contribution in [0.25, 0.3) is 6.08 Å². The van der Waals surface area contributed by atoms with Gasteiger partial charge in [0.05, 0.1) is 0 Å². The molecule has 0 unspecified atom stereocenters. The Morgan fingerprint density at radius 2 is 1.06 bits per heavy atom. The lowest BCUT2D eigenvalue weighted by molar-refractivity contribution is 0.0146. The third-order valence-electron chi connectivity index (χ3n) is 7.14. The zero-order valence-corrected chi connectivity index (χ0v) is 22.6. The molecular weight excluding hydrogens is 386 g/mol. The van der Waals surface area contributed by atoms with Crippen LogP contribution in [0.3, 0.4) is 0 Å². The zero-order valence-electron chi connectivity index (χ0n) is 22.6. The van der Waals surface area contributed by atoms with Crippen LogP contribution < -0.4 is 0 Å². The largest absolute Gasteiger partial charge is 0.289 e. The van der Waals surface area contributed by atoms with Gasteiger partial charge in [-0.1, -0.05) is 133 Å². The van der Waals surface area contributed by atoms with Gasteiger partial charge in [-0.2, -0.15) is 0 Å². The molecule has 0 aliphatic carbocycles. The molecule has 0 spiro atoms. The highest BCUT2D eigenvalue weighted by molar-refractivity contribution is 5.48. The van der Waals surface area contributed by atoms with Gasteiger partial charge in [0.2, 0.25) is 0 Å². The number of hydrogen-bond donors (Lipinski definition) is 0. The maximum Gasteiger partial charge on any atom is 0.0177 e. The van der Waals surface area contributed by atoms with Gasteiger partial charge < -0.3 is 0 Å². The van der Waals surface area contributed by atoms with Crippen molar-refractivity contribution in [1.29, 1.82) is 0 Å². The van der Waals surface area contributed by atoms with Crippen molar-refractivity contribution in [2.24, 2.45) is 0 Å². The van der Waals surface area contributed by atoms with Crippen molar-refractivity contribution in [2.75, 3.05) is 6.54 Å². The number of unbranched alkanes of at least 4 members (excludes halogenated alkanes) is 10. The summed E-state index contributed by atoms with van der Waals surface area (Å²) < 4.78 is 0. The summed E-state index contributed by atoms with van der Waals surface area (Å²) >= 11 is 0. The first-order chi connectivity index (χ1) is 15.3. The van der Waals surface area contributed by atoms with Crippen molar-refractivity contribution in [3.63, 3.8) is 0 Å². The Labute approximate surface area is 202 Å². The highest BCUT2D eigenvalue weighted by atomic mass is 15.2. The summed E-state index contributed by atoms with van der Waals surface area (Å²) in [5.41, 5.74) is 1.74. The van der Waals surface area contributed by atoms with Gasteiger partial charge >= 0.3 is 0 Å². The van der Waals surface area contributed by atoms with Crippen LogP contribution in [0, 0.1) is 0 Å². The van der Waals surface area contributed by atoms with Crippen molar-refractivity contribution in [2.45, 2.75) is 143 Å². The van der Waals surface area contributed by atoms with Gasteiger partial charge in [0, 0.05) is 17.6 Å². The average molecular weight is 442 g/mol. The number of rotatable bonds is 19. The summed E-state index contributed by atoms with van der Waals surface area (Å²) in [5.74, 6) is 0. The van der Waals surface area contributed by atoms with E-state index >= 15 is 0 Å². The Morgan fingerprint density at radius 1 is 0.625 bits per heavy atom. The van der Waals surface area contributed by atoms with Gasteiger partial charge in [-0.25, -0.2) is 0 Å². The van der Waals surface area contributed by atoms with Crippen molar-refractivity contribution < 1.29 is 0 Å². The Kier molecular flexibility index (Phi) is 14.9. The molecule has 0 heterocycles. The molecule has 184 valence electrons. The van der Waals surface area contributed by atoms with Gasteiger partial charge in [-0.15, -0.1) is 0 Å². The van der Waals surface area contributed by atoms with Crippen molar-refractivity contribution in [1.82, 2.24) is 4.90 Å². The third-order valence-corrected chi connectivity index (χ3v) is 7.14. The molecule has 0 radical (unpaired) electrons. The molecule has 1 aromatic carbocycles. The standard InChI is InChI=1S/C31H55N/c1-7-9-11-13-15-20-26-30(3,4)32(28-22-25-29-23-18-17-19-24-29)31(5,6)27-21-16-14-12-10-8-2/h17-19,22-25H,7-16,20-21,26-28H2,1-6H3/b25-22+. The van der Waals surface area contributed by atoms with E-state index in [4.69, 9.17) is 0 Å². The minimum absolute atomic E-state index is 0.220. The molecule has 0 N–H and O–H groups in total. The first-order valence-electron chi connectivity index (χ1n) is 13.8. The summed E-state index contributed by atoms with van der Waals surface area (Å²) in [6, 6.07) is 10.7. The molecule has 0 aliphatic rings. The molecule has 1 aromatic rings. The molecule has 0 saturated carbocycles. The second-order valence-electron chi connectivity index (χ2n) is 11.1. The fraction of sp³-hybridized carbons (Fsp3) is 0.742. The van der Waals surface area contributed by atoms with Gasteiger partial charge in [-0.3, -0.25) is 4.90 Å². The molecule has 32 heavy (non-hydrogen) atoms. The zero-order chi connectivity index (χ0) is 23.7. The van der Waals surface area contributed by atoms with Gasteiger partial charge in [0.15, 0.2) is 0 Å². The normalized spacial score (nSPS) is 12.8. The SMILES string of the molecule is CCCCCCCCC(C)(C)N(C/C=C/c1ccccc1)C(C)(C)CCCCCCCC. The monoisotopic (exact) mass is 441 g/mol. The van der Waals surface area contributed by atoms with Crippen molar-refractivity contribution >= 4 is 6.08 Å². The van der Waals surface area contributed by atoms with Gasteiger partial charge in [-0.05, 0) is 46.1 Å². The molecule has 0 atom stereocenters. The third kappa shape index (κ3) is 12.2. The van der Waals surface area contributed by atoms with E-state index in [0.29, 0.717) is 0 Å². The summed E-state index contributed by atoms with van der Waals surface area (Å²) in [6.07, 6.45) is 23.8. The highest BCUT2D eigenvalue weighted by Gasteiger charge is 2.36. The minimum atomic E-state index is 0.220. The first-order valence-corrected chi connectivity index (χ1v) is 13.8. The van der Waals surface area contributed by atoms with E-state index in [2.05, 4.69) is 88.9 Å². The molecule has 1 heteroatoms. The molecular formula is C31H55N. The lowest BCUT2D eigenvalue weighted by Crippen LogP contribution is -2.55. The maximum atomic E-state index is 2.80. The molecule has 0 bridgehead atoms. The van der Waals surface area contributed by atoms with E-state index in [1.54, 1.807) is 0 Å². The van der Waals surface area contributed by atoms with E-state index in [0.717, 1.165) is 6.54 Å². The lowest BCUT2D eigenvalue weighted by atomic mass is 9.85. The van der Waals surface area contributed by atoms with Crippen LogP contribution in [0.2, 0.25) is 0 Å². The van der Waals surface area contributed by atoms with E-state index in [1.165, 1.54) is 95.5 Å². The first kappa shape index (κ1) is 29.0. The van der Waals surface area contributed by atoms with Crippen LogP contribution in [-0.4, -0.2) is 22.5 Å². The highest BCUT2D eigenvalue weighted by Crippen LogP contribution is 2.33. The fourth-order valence-corrected chi connectivity index (χ4v) is 5.12. The molecule has 1 nitrogen and oxygen atoms in total. The second kappa shape index (κ2) is 16.5. The quantitative estimate of drug-likeness (QED) is 0.193. The van der Waals surface area contributed by atoms with E-state index in [-0.39, 0.29) is 11.1 Å². The van der Waals surface area contributed by atoms with E-state index < -0.39 is 0 Å². The predicted octanol–water partition coefficient (Wildman–Crippen LogP) is 10.1. The Hall–Kier alpha value is -1.08. The van der Waals surface area contributed by atoms with Gasteiger partial charge in [0.1, 0.15) is 0 Å². The number of hydrogen-bond acceptors (Lipinski definition) is 1. The number of benzene rings is 1. The summed E-state index contributed by atoms with van der Waals surface area (Å²) in [4.78, 5) is 2.80. The average Bonchev–Trinajstić information content (AvgIpc) is 2.76. The topological polar surface area (TPSA) is 3.24 Å².